The van der Waals surface area contributed by atoms with E-state index in [1.807, 2.05) is 5.40 Å². The molecule has 0 aromatic carbocycles. The van der Waals surface area contributed by atoms with Gasteiger partial charge in [-0.3, -0.25) is 0 Å². The Labute approximate surface area is 55.6 Å². The van der Waals surface area contributed by atoms with Crippen LogP contribution in [-0.2, 0) is 24.6 Å². The van der Waals surface area contributed by atoms with Gasteiger partial charge in [-0.1, -0.05) is 0 Å². The summed E-state index contributed by atoms with van der Waals surface area (Å²) >= 11 is 0.629. The van der Waals surface area contributed by atoms with Crippen molar-refractivity contribution < 1.29 is 29.7 Å². The number of hydrogen-bond donors (Lipinski definition) is 1. The van der Waals surface area contributed by atoms with Crippen LogP contribution in [0.25, 0.3) is 0 Å². The Bertz CT molecular complexity index is 43.3. The van der Waals surface area contributed by atoms with E-state index >= 15 is 0 Å². The Kier molecular flexibility index (Phi) is 28.3. The van der Waals surface area contributed by atoms with Crippen LogP contribution < -0.4 is 0 Å². The number of thiocyanates is 1. The van der Waals surface area contributed by atoms with Gasteiger partial charge >= 0.3 is 43.5 Å². The summed E-state index contributed by atoms with van der Waals surface area (Å²) in [6.07, 6.45) is 0. The molecule has 0 bridgehead atoms. The standard InChI is InChI=1S/CHNS.CH4O.Hg/c2-1-3;1-2;/h3H;2H,1H3;/q;;+1/p-1. The van der Waals surface area contributed by atoms with Crippen molar-refractivity contribution in [2.75, 3.05) is 7.11 Å². The van der Waals surface area contributed by atoms with Crippen LogP contribution in [0.3, 0.4) is 0 Å². The first-order valence-electron chi connectivity index (χ1n) is 1.16. The molecule has 4 heteroatoms. The predicted octanol–water partition coefficient (Wildman–Crippen LogP) is 0.271. The van der Waals surface area contributed by atoms with E-state index in [1.54, 1.807) is 0 Å². The molecular formula is C2H4HgNOS. The first kappa shape index (κ1) is 9.88. The van der Waals surface area contributed by atoms with Crippen molar-refractivity contribution in [3.63, 3.8) is 0 Å². The number of hydrogen-bond acceptors (Lipinski definition) is 3. The molecule has 0 saturated carbocycles. The Morgan fingerprint density at radius 2 is 2.00 bits per heavy atom. The van der Waals surface area contributed by atoms with E-state index in [0.29, 0.717) is 24.6 Å². The molecule has 0 spiro atoms. The van der Waals surface area contributed by atoms with E-state index in [2.05, 4.69) is 0 Å². The van der Waals surface area contributed by atoms with Gasteiger partial charge in [0.2, 0.25) is 0 Å². The molecule has 0 aromatic heterocycles. The zero-order chi connectivity index (χ0) is 5.41. The Hall–Kier alpha value is 0.735. The van der Waals surface area contributed by atoms with E-state index in [4.69, 9.17) is 10.4 Å². The fourth-order valence-corrected chi connectivity index (χ4v) is 0. The topological polar surface area (TPSA) is 44.0 Å². The summed E-state index contributed by atoms with van der Waals surface area (Å²) in [6, 6.07) is 0. The number of nitriles is 1. The van der Waals surface area contributed by atoms with Crippen LogP contribution in [0.15, 0.2) is 0 Å². The van der Waals surface area contributed by atoms with Gasteiger partial charge in [-0.15, -0.1) is 0 Å². The van der Waals surface area contributed by atoms with Crippen molar-refractivity contribution in [1.29, 1.82) is 5.26 Å². The van der Waals surface area contributed by atoms with Gasteiger partial charge in [-0.2, -0.15) is 0 Å². The third kappa shape index (κ3) is 21.9. The Morgan fingerprint density at radius 1 is 1.83 bits per heavy atom. The van der Waals surface area contributed by atoms with Crippen LogP contribution in [0, 0.1) is 10.7 Å². The number of rotatable bonds is 0. The second-order valence-corrected chi connectivity index (χ2v) is 4.07. The van der Waals surface area contributed by atoms with Gasteiger partial charge in [0, 0.05) is 7.11 Å². The molecule has 0 rings (SSSR count). The fourth-order valence-electron chi connectivity index (χ4n) is 0. The summed E-state index contributed by atoms with van der Waals surface area (Å²) in [5.41, 5.74) is 0. The molecule has 0 fully saturated rings. The minimum absolute atomic E-state index is 0.629. The predicted molar refractivity (Wildman–Crippen MR) is 21.3 cm³/mol. The average molecular weight is 291 g/mol. The van der Waals surface area contributed by atoms with Crippen LogP contribution in [-0.4, -0.2) is 12.2 Å². The van der Waals surface area contributed by atoms with Gasteiger partial charge in [0.05, 0.1) is 0 Å². The molecule has 1 N–H and O–H groups in total. The molecule has 0 amide bonds. The van der Waals surface area contributed by atoms with Gasteiger partial charge in [-0.05, 0) is 0 Å². The molecule has 0 aliphatic rings. The summed E-state index contributed by atoms with van der Waals surface area (Å²) < 4.78 is 0. The first-order valence-corrected chi connectivity index (χ1v) is 8.88. The average Bonchev–Trinajstić information content (AvgIpc) is 1.72. The van der Waals surface area contributed by atoms with Crippen LogP contribution in [0.4, 0.5) is 0 Å². The summed E-state index contributed by atoms with van der Waals surface area (Å²) in [4.78, 5) is 0. The molecule has 0 heterocycles. The van der Waals surface area contributed by atoms with Gasteiger partial charge < -0.3 is 5.11 Å². The molecule has 0 saturated heterocycles. The monoisotopic (exact) mass is 292 g/mol. The molecule has 2 nitrogen and oxygen atoms in total. The molecule has 0 atom stereocenters. The van der Waals surface area contributed by atoms with Crippen molar-refractivity contribution in [3.8, 4) is 5.40 Å². The Morgan fingerprint density at radius 3 is 2.00 bits per heavy atom. The summed E-state index contributed by atoms with van der Waals surface area (Å²) in [5.74, 6) is 0. The number of nitrogens with zero attached hydrogens (tertiary/aromatic N) is 1. The van der Waals surface area contributed by atoms with Crippen LogP contribution in [0.5, 0.6) is 0 Å². The van der Waals surface area contributed by atoms with Crippen LogP contribution in [0.1, 0.15) is 0 Å². The third-order valence-electron chi connectivity index (χ3n) is 0.0645. The fraction of sp³-hybridized carbons (Fsp3) is 0.500. The van der Waals surface area contributed by atoms with E-state index in [-0.39, 0.29) is 0 Å². The summed E-state index contributed by atoms with van der Waals surface area (Å²) in [6.45, 7) is 0. The molecule has 0 aliphatic heterocycles. The van der Waals surface area contributed by atoms with Gasteiger partial charge in [0.1, 0.15) is 0 Å². The van der Waals surface area contributed by atoms with E-state index in [1.165, 1.54) is 8.24 Å². The van der Waals surface area contributed by atoms with E-state index in [9.17, 15) is 0 Å². The van der Waals surface area contributed by atoms with Gasteiger partial charge in [0.25, 0.3) is 0 Å². The summed E-state index contributed by atoms with van der Waals surface area (Å²) in [5, 5.41) is 16.6. The van der Waals surface area contributed by atoms with Crippen molar-refractivity contribution in [2.24, 2.45) is 0 Å². The SMILES string of the molecule is CO.N#C[S][Hg]. The normalized spacial score (nSPS) is 4.50. The molecule has 0 aliphatic carbocycles. The first-order chi connectivity index (χ1) is 2.91. The van der Waals surface area contributed by atoms with Gasteiger partial charge in [-0.25, -0.2) is 0 Å². The van der Waals surface area contributed by atoms with Crippen molar-refractivity contribution in [1.82, 2.24) is 0 Å². The number of aliphatic hydroxyl groups excluding tert-OH is 1. The van der Waals surface area contributed by atoms with Crippen LogP contribution in [0.2, 0.25) is 0 Å². The van der Waals surface area contributed by atoms with Crippen LogP contribution >= 0.6 is 8.24 Å². The van der Waals surface area contributed by atoms with Crippen molar-refractivity contribution in [3.05, 3.63) is 0 Å². The second-order valence-electron chi connectivity index (χ2n) is 0.236. The third-order valence-corrected chi connectivity index (χ3v) is 1.70. The summed E-state index contributed by atoms with van der Waals surface area (Å²) in [7, 11) is 2.36. The Balaban J connectivity index is 0. The van der Waals surface area contributed by atoms with Gasteiger partial charge in [0.15, 0.2) is 0 Å². The van der Waals surface area contributed by atoms with E-state index in [0.717, 1.165) is 7.11 Å². The van der Waals surface area contributed by atoms with E-state index < -0.39 is 0 Å². The number of aliphatic hydroxyl groups is 1. The molecule has 31 valence electrons. The second kappa shape index (κ2) is 17.2. The zero-order valence-corrected chi connectivity index (χ0v) is 9.82. The molecule has 0 unspecified atom stereocenters. The molecular weight excluding hydrogens is 287 g/mol. The molecule has 0 radical (unpaired) electrons. The molecule has 0 aromatic rings. The zero-order valence-electron chi connectivity index (χ0n) is 3.51. The maximum atomic E-state index is 7.64. The maximum absolute atomic E-state index is 7.64. The molecule has 6 heavy (non-hydrogen) atoms. The van der Waals surface area contributed by atoms with Crippen molar-refractivity contribution >= 4 is 8.24 Å². The van der Waals surface area contributed by atoms with Crippen molar-refractivity contribution in [2.45, 2.75) is 0 Å². The quantitative estimate of drug-likeness (QED) is 0.514. The minimum atomic E-state index is 0.629.